The van der Waals surface area contributed by atoms with Gasteiger partial charge < -0.3 is 9.16 Å². The highest BCUT2D eigenvalue weighted by Gasteiger charge is 2.25. The highest BCUT2D eigenvalue weighted by atomic mass is 79.9. The second kappa shape index (κ2) is 7.00. The van der Waals surface area contributed by atoms with Gasteiger partial charge in [-0.05, 0) is 61.7 Å². The van der Waals surface area contributed by atoms with E-state index >= 15 is 0 Å². The molecule has 0 N–H and O–H groups in total. The molecule has 112 valence electrons. The van der Waals surface area contributed by atoms with Crippen LogP contribution in [-0.2, 0) is 4.74 Å². The molecule has 3 nitrogen and oxygen atoms in total. The number of thioether (sulfide) groups is 1. The molecule has 0 radical (unpaired) electrons. The van der Waals surface area contributed by atoms with E-state index in [0.717, 1.165) is 14.9 Å². The molecule has 0 amide bonds. The molecule has 0 spiro atoms. The number of carbonyl (C=O) groups is 1. The van der Waals surface area contributed by atoms with Gasteiger partial charge in [0, 0.05) is 14.9 Å². The molecule has 0 aliphatic heterocycles. The predicted octanol–water partition coefficient (Wildman–Crippen LogP) is 4.87. The quantitative estimate of drug-likeness (QED) is 0.417. The molecule has 1 aromatic rings. The first-order valence-electron chi connectivity index (χ1n) is 6.44. The molecule has 0 unspecified atom stereocenters. The van der Waals surface area contributed by atoms with E-state index in [1.165, 1.54) is 0 Å². The van der Waals surface area contributed by atoms with Gasteiger partial charge in [0.2, 0.25) is 8.32 Å². The number of benzene rings is 1. The Hall–Kier alpha value is -0.463. The lowest BCUT2D eigenvalue weighted by Gasteiger charge is -2.24. The molecule has 0 aliphatic carbocycles. The molecule has 20 heavy (non-hydrogen) atoms. The third-order valence-electron chi connectivity index (χ3n) is 2.52. The minimum atomic E-state index is -1.82. The van der Waals surface area contributed by atoms with E-state index in [-0.39, 0.29) is 5.97 Å². The molecule has 0 saturated carbocycles. The van der Waals surface area contributed by atoms with E-state index in [1.54, 1.807) is 24.8 Å². The maximum Gasteiger partial charge on any atom is 0.341 e. The first-order valence-corrected chi connectivity index (χ1v) is 11.9. The zero-order valence-electron chi connectivity index (χ0n) is 12.8. The fraction of sp³-hybridized carbons (Fsp3) is 0.500. The smallest absolute Gasteiger partial charge is 0.341 e. The largest absolute Gasteiger partial charge is 0.544 e. The van der Waals surface area contributed by atoms with Gasteiger partial charge in [0.05, 0.1) is 6.61 Å². The summed E-state index contributed by atoms with van der Waals surface area (Å²) in [5.74, 6) is 0.326. The minimum Gasteiger partial charge on any atom is -0.544 e. The molecular formula is C14H21BrO3SSi. The van der Waals surface area contributed by atoms with Crippen molar-refractivity contribution in [3.8, 4) is 5.75 Å². The van der Waals surface area contributed by atoms with Crippen LogP contribution < -0.4 is 4.43 Å². The first-order chi connectivity index (χ1) is 9.21. The van der Waals surface area contributed by atoms with Gasteiger partial charge in [0.25, 0.3) is 0 Å². The molecule has 0 saturated heterocycles. The maximum atomic E-state index is 12.1. The number of ether oxygens (including phenoxy) is 1. The number of hydrogen-bond acceptors (Lipinski definition) is 4. The lowest BCUT2D eigenvalue weighted by molar-refractivity contribution is 0.0524. The lowest BCUT2D eigenvalue weighted by Crippen LogP contribution is -2.30. The van der Waals surface area contributed by atoms with Gasteiger partial charge in [-0.2, -0.15) is 0 Å². The second-order valence-corrected chi connectivity index (χ2v) is 11.4. The Bertz CT molecular complexity index is 512. The summed E-state index contributed by atoms with van der Waals surface area (Å²) >= 11 is 5.15. The molecule has 0 bridgehead atoms. The van der Waals surface area contributed by atoms with Gasteiger partial charge in [0.1, 0.15) is 11.3 Å². The monoisotopic (exact) mass is 376 g/mol. The van der Waals surface area contributed by atoms with E-state index in [9.17, 15) is 4.79 Å². The fourth-order valence-corrected chi connectivity index (χ4v) is 4.33. The van der Waals surface area contributed by atoms with Gasteiger partial charge in [-0.3, -0.25) is 0 Å². The van der Waals surface area contributed by atoms with Crippen LogP contribution in [-0.4, -0.2) is 27.1 Å². The fourth-order valence-electron chi connectivity index (χ4n) is 1.79. The second-order valence-electron chi connectivity index (χ2n) is 5.33. The van der Waals surface area contributed by atoms with Crippen molar-refractivity contribution in [3.63, 3.8) is 0 Å². The third kappa shape index (κ3) is 4.26. The van der Waals surface area contributed by atoms with Crippen LogP contribution >= 0.6 is 27.7 Å². The molecule has 0 aliphatic rings. The standard InChI is InChI=1S/C14H21BrO3SSi/c1-7-17-14(16)10-8-11(15)13(19-3)9(2)12(10)18-20(4,5)6/h8H,7H2,1-6H3. The SMILES string of the molecule is CCOC(=O)c1cc(Br)c(SC)c(C)c1O[Si](C)(C)C. The number of hydrogen-bond donors (Lipinski definition) is 0. The molecule has 0 atom stereocenters. The van der Waals surface area contributed by atoms with Crippen LogP contribution in [0.25, 0.3) is 0 Å². The van der Waals surface area contributed by atoms with Crippen molar-refractivity contribution in [1.29, 1.82) is 0 Å². The Labute approximate surface area is 134 Å². The molecule has 1 aromatic carbocycles. The van der Waals surface area contributed by atoms with E-state index in [4.69, 9.17) is 9.16 Å². The van der Waals surface area contributed by atoms with Crippen molar-refractivity contribution < 1.29 is 14.0 Å². The first kappa shape index (κ1) is 17.6. The van der Waals surface area contributed by atoms with Crippen molar-refractivity contribution >= 4 is 42.0 Å². The van der Waals surface area contributed by atoms with Gasteiger partial charge in [-0.25, -0.2) is 4.79 Å². The molecule has 0 aromatic heterocycles. The molecule has 6 heteroatoms. The van der Waals surface area contributed by atoms with Crippen LogP contribution in [0.2, 0.25) is 19.6 Å². The van der Waals surface area contributed by atoms with E-state index in [0.29, 0.717) is 17.9 Å². The summed E-state index contributed by atoms with van der Waals surface area (Å²) in [5, 5.41) is 0. The van der Waals surface area contributed by atoms with Crippen molar-refractivity contribution in [3.05, 3.63) is 21.7 Å². The van der Waals surface area contributed by atoms with E-state index < -0.39 is 8.32 Å². The van der Waals surface area contributed by atoms with Crippen LogP contribution in [0.15, 0.2) is 15.4 Å². The summed E-state index contributed by atoms with van der Waals surface area (Å²) in [7, 11) is -1.82. The van der Waals surface area contributed by atoms with Crippen LogP contribution in [0.5, 0.6) is 5.75 Å². The molecule has 1 rings (SSSR count). The Balaban J connectivity index is 3.44. The maximum absolute atomic E-state index is 12.1. The molecular weight excluding hydrogens is 356 g/mol. The van der Waals surface area contributed by atoms with Gasteiger partial charge in [0.15, 0.2) is 0 Å². The lowest BCUT2D eigenvalue weighted by atomic mass is 10.1. The highest BCUT2D eigenvalue weighted by Crippen LogP contribution is 2.39. The number of halogens is 1. The van der Waals surface area contributed by atoms with Gasteiger partial charge in [-0.1, -0.05) is 0 Å². The van der Waals surface area contributed by atoms with Crippen molar-refractivity contribution in [1.82, 2.24) is 0 Å². The van der Waals surface area contributed by atoms with E-state index in [2.05, 4.69) is 35.6 Å². The summed E-state index contributed by atoms with van der Waals surface area (Å²) in [4.78, 5) is 13.2. The van der Waals surface area contributed by atoms with Crippen molar-refractivity contribution in [2.45, 2.75) is 38.4 Å². The Morgan fingerprint density at radius 1 is 1.40 bits per heavy atom. The number of carbonyl (C=O) groups excluding carboxylic acids is 1. The predicted molar refractivity (Wildman–Crippen MR) is 90.6 cm³/mol. The average molecular weight is 377 g/mol. The Kier molecular flexibility index (Phi) is 6.16. The minimum absolute atomic E-state index is 0.336. The highest BCUT2D eigenvalue weighted by molar-refractivity contribution is 9.10. The average Bonchev–Trinajstić information content (AvgIpc) is 2.32. The topological polar surface area (TPSA) is 35.5 Å². The van der Waals surface area contributed by atoms with Gasteiger partial charge in [-0.15, -0.1) is 11.8 Å². The normalized spacial score (nSPS) is 11.3. The van der Waals surface area contributed by atoms with Crippen LogP contribution in [0.1, 0.15) is 22.8 Å². The summed E-state index contributed by atoms with van der Waals surface area (Å²) in [5.41, 5.74) is 1.48. The van der Waals surface area contributed by atoms with E-state index in [1.807, 2.05) is 13.2 Å². The van der Waals surface area contributed by atoms with Crippen molar-refractivity contribution in [2.75, 3.05) is 12.9 Å². The summed E-state index contributed by atoms with van der Waals surface area (Å²) < 4.78 is 12.2. The van der Waals surface area contributed by atoms with Crippen LogP contribution in [0, 0.1) is 6.92 Å². The van der Waals surface area contributed by atoms with Crippen LogP contribution in [0.3, 0.4) is 0 Å². The zero-order chi connectivity index (χ0) is 15.5. The Morgan fingerprint density at radius 2 is 2.00 bits per heavy atom. The molecule has 0 fully saturated rings. The Morgan fingerprint density at radius 3 is 2.45 bits per heavy atom. The summed E-state index contributed by atoms with van der Waals surface area (Å²) in [6.45, 7) is 10.4. The van der Waals surface area contributed by atoms with Gasteiger partial charge >= 0.3 is 5.97 Å². The summed E-state index contributed by atoms with van der Waals surface area (Å²) in [6, 6.07) is 1.80. The van der Waals surface area contributed by atoms with Crippen molar-refractivity contribution in [2.24, 2.45) is 0 Å². The number of esters is 1. The number of rotatable bonds is 5. The molecule has 0 heterocycles. The summed E-state index contributed by atoms with van der Waals surface area (Å²) in [6.07, 6.45) is 2.01. The third-order valence-corrected chi connectivity index (χ3v) is 5.16. The van der Waals surface area contributed by atoms with Crippen LogP contribution in [0.4, 0.5) is 0 Å². The zero-order valence-corrected chi connectivity index (χ0v) is 16.2.